The standard InChI is InChI=1S/C14H24N4O2/c1-4-6-15-13-12(20-3)14(17-10-16-13)18-7-5-11(8-18)9-19-2/h10-11H,4-9H2,1-3H3,(H,15,16,17). The maximum atomic E-state index is 5.52. The SMILES string of the molecule is CCCNc1ncnc(N2CCC(COC)C2)c1OC. The molecule has 112 valence electrons. The second kappa shape index (κ2) is 7.28. The van der Waals surface area contributed by atoms with Crippen molar-refractivity contribution in [2.24, 2.45) is 5.92 Å². The van der Waals surface area contributed by atoms with E-state index in [0.717, 1.165) is 56.5 Å². The van der Waals surface area contributed by atoms with Crippen LogP contribution >= 0.6 is 0 Å². The van der Waals surface area contributed by atoms with Crippen LogP contribution in [0.15, 0.2) is 6.33 Å². The maximum absolute atomic E-state index is 5.52. The molecule has 0 amide bonds. The highest BCUT2D eigenvalue weighted by Crippen LogP contribution is 2.34. The molecule has 0 radical (unpaired) electrons. The number of rotatable bonds is 7. The minimum atomic E-state index is 0.562. The molecule has 0 bridgehead atoms. The van der Waals surface area contributed by atoms with Gasteiger partial charge < -0.3 is 19.7 Å². The first-order valence-corrected chi connectivity index (χ1v) is 7.16. The van der Waals surface area contributed by atoms with Crippen molar-refractivity contribution in [3.8, 4) is 5.75 Å². The highest BCUT2D eigenvalue weighted by atomic mass is 16.5. The molecule has 0 aromatic carbocycles. The Morgan fingerprint density at radius 2 is 2.25 bits per heavy atom. The minimum Gasteiger partial charge on any atom is -0.490 e. The van der Waals surface area contributed by atoms with E-state index >= 15 is 0 Å². The summed E-state index contributed by atoms with van der Waals surface area (Å²) < 4.78 is 10.8. The zero-order valence-corrected chi connectivity index (χ0v) is 12.6. The normalized spacial score (nSPS) is 18.4. The van der Waals surface area contributed by atoms with E-state index < -0.39 is 0 Å². The van der Waals surface area contributed by atoms with Crippen LogP contribution < -0.4 is 15.0 Å². The summed E-state index contributed by atoms with van der Waals surface area (Å²) in [6, 6.07) is 0. The number of nitrogens with one attached hydrogen (secondary N) is 1. The van der Waals surface area contributed by atoms with Crippen molar-refractivity contribution in [2.45, 2.75) is 19.8 Å². The summed E-state index contributed by atoms with van der Waals surface area (Å²) in [6.45, 7) is 5.73. The first kappa shape index (κ1) is 14.8. The fourth-order valence-electron chi connectivity index (χ4n) is 2.54. The first-order valence-electron chi connectivity index (χ1n) is 7.16. The van der Waals surface area contributed by atoms with Crippen LogP contribution in [0.3, 0.4) is 0 Å². The zero-order valence-electron chi connectivity index (χ0n) is 12.6. The summed E-state index contributed by atoms with van der Waals surface area (Å²) in [5.74, 6) is 2.94. The number of nitrogens with zero attached hydrogens (tertiary/aromatic N) is 3. The molecule has 1 N–H and O–H groups in total. The van der Waals surface area contributed by atoms with Crippen molar-refractivity contribution >= 4 is 11.6 Å². The second-order valence-electron chi connectivity index (χ2n) is 5.06. The van der Waals surface area contributed by atoms with Crippen LogP contribution in [0.2, 0.25) is 0 Å². The molecule has 6 nitrogen and oxygen atoms in total. The largest absolute Gasteiger partial charge is 0.490 e. The Kier molecular flexibility index (Phi) is 5.40. The van der Waals surface area contributed by atoms with Crippen molar-refractivity contribution < 1.29 is 9.47 Å². The van der Waals surface area contributed by atoms with Crippen molar-refractivity contribution in [3.63, 3.8) is 0 Å². The summed E-state index contributed by atoms with van der Waals surface area (Å²) >= 11 is 0. The highest BCUT2D eigenvalue weighted by Gasteiger charge is 2.26. The number of methoxy groups -OCH3 is 2. The zero-order chi connectivity index (χ0) is 14.4. The number of ether oxygens (including phenoxy) is 2. The lowest BCUT2D eigenvalue weighted by molar-refractivity contribution is 0.161. The van der Waals surface area contributed by atoms with Crippen LogP contribution in [-0.4, -0.2) is 50.4 Å². The lowest BCUT2D eigenvalue weighted by Crippen LogP contribution is -2.23. The third kappa shape index (κ3) is 3.30. The Balaban J connectivity index is 2.15. The molecule has 1 aliphatic rings. The van der Waals surface area contributed by atoms with Gasteiger partial charge in [0, 0.05) is 32.7 Å². The Morgan fingerprint density at radius 3 is 2.95 bits per heavy atom. The van der Waals surface area contributed by atoms with Gasteiger partial charge >= 0.3 is 0 Å². The molecule has 1 aliphatic heterocycles. The van der Waals surface area contributed by atoms with E-state index in [0.29, 0.717) is 5.92 Å². The topological polar surface area (TPSA) is 59.5 Å². The van der Waals surface area contributed by atoms with E-state index in [1.165, 1.54) is 0 Å². The lowest BCUT2D eigenvalue weighted by atomic mass is 10.1. The Bertz CT molecular complexity index is 428. The van der Waals surface area contributed by atoms with E-state index in [2.05, 4.69) is 27.1 Å². The molecule has 1 aromatic heterocycles. The summed E-state index contributed by atoms with van der Waals surface area (Å²) in [5.41, 5.74) is 0. The molecular weight excluding hydrogens is 256 g/mol. The molecule has 1 aromatic rings. The van der Waals surface area contributed by atoms with Gasteiger partial charge in [-0.2, -0.15) is 0 Å². The molecule has 1 atom stereocenters. The Hall–Kier alpha value is -1.56. The molecule has 1 unspecified atom stereocenters. The molecule has 0 spiro atoms. The monoisotopic (exact) mass is 280 g/mol. The highest BCUT2D eigenvalue weighted by molar-refractivity contribution is 5.65. The van der Waals surface area contributed by atoms with Crippen LogP contribution in [0.1, 0.15) is 19.8 Å². The predicted octanol–water partition coefficient (Wildman–Crippen LogP) is 1.78. The molecule has 6 heteroatoms. The van der Waals surface area contributed by atoms with Crippen LogP contribution in [0.5, 0.6) is 5.75 Å². The van der Waals surface area contributed by atoms with Gasteiger partial charge in [0.1, 0.15) is 6.33 Å². The molecule has 1 fully saturated rings. The average Bonchev–Trinajstić information content (AvgIpc) is 2.93. The van der Waals surface area contributed by atoms with Crippen LogP contribution in [0.4, 0.5) is 11.6 Å². The number of hydrogen-bond acceptors (Lipinski definition) is 6. The van der Waals surface area contributed by atoms with E-state index in [4.69, 9.17) is 9.47 Å². The van der Waals surface area contributed by atoms with Gasteiger partial charge in [-0.1, -0.05) is 6.92 Å². The fourth-order valence-corrected chi connectivity index (χ4v) is 2.54. The van der Waals surface area contributed by atoms with Gasteiger partial charge in [0.15, 0.2) is 11.6 Å². The van der Waals surface area contributed by atoms with Crippen LogP contribution in [0.25, 0.3) is 0 Å². The van der Waals surface area contributed by atoms with Crippen molar-refractivity contribution in [3.05, 3.63) is 6.33 Å². The number of anilines is 2. The van der Waals surface area contributed by atoms with Gasteiger partial charge in [-0.25, -0.2) is 9.97 Å². The van der Waals surface area contributed by atoms with Gasteiger partial charge in [0.25, 0.3) is 0 Å². The molecule has 2 heterocycles. The number of aromatic nitrogens is 2. The van der Waals surface area contributed by atoms with Gasteiger partial charge in [-0.3, -0.25) is 0 Å². The number of hydrogen-bond donors (Lipinski definition) is 1. The quantitative estimate of drug-likeness (QED) is 0.821. The van der Waals surface area contributed by atoms with E-state index in [-0.39, 0.29) is 0 Å². The third-order valence-electron chi connectivity index (χ3n) is 3.52. The maximum Gasteiger partial charge on any atom is 0.204 e. The molecule has 1 saturated heterocycles. The van der Waals surface area contributed by atoms with E-state index in [9.17, 15) is 0 Å². The van der Waals surface area contributed by atoms with Crippen molar-refractivity contribution in [1.29, 1.82) is 0 Å². The second-order valence-corrected chi connectivity index (χ2v) is 5.06. The van der Waals surface area contributed by atoms with Gasteiger partial charge in [0.2, 0.25) is 5.75 Å². The van der Waals surface area contributed by atoms with Gasteiger partial charge in [0.05, 0.1) is 13.7 Å². The molecule has 20 heavy (non-hydrogen) atoms. The summed E-state index contributed by atoms with van der Waals surface area (Å²) in [6.07, 6.45) is 3.76. The predicted molar refractivity (Wildman–Crippen MR) is 79.6 cm³/mol. The Morgan fingerprint density at radius 1 is 1.40 bits per heavy atom. The molecular formula is C14H24N4O2. The minimum absolute atomic E-state index is 0.562. The van der Waals surface area contributed by atoms with Crippen LogP contribution in [-0.2, 0) is 4.74 Å². The Labute approximate surface area is 120 Å². The summed E-state index contributed by atoms with van der Waals surface area (Å²) in [5, 5.41) is 3.29. The van der Waals surface area contributed by atoms with Gasteiger partial charge in [-0.05, 0) is 12.8 Å². The summed E-state index contributed by atoms with van der Waals surface area (Å²) in [7, 11) is 3.42. The van der Waals surface area contributed by atoms with Crippen molar-refractivity contribution in [1.82, 2.24) is 9.97 Å². The molecule has 0 saturated carbocycles. The first-order chi connectivity index (χ1) is 9.80. The average molecular weight is 280 g/mol. The smallest absolute Gasteiger partial charge is 0.204 e. The van der Waals surface area contributed by atoms with Crippen LogP contribution in [0, 0.1) is 5.92 Å². The fraction of sp³-hybridized carbons (Fsp3) is 0.714. The van der Waals surface area contributed by atoms with Gasteiger partial charge in [-0.15, -0.1) is 0 Å². The van der Waals surface area contributed by atoms with Crippen molar-refractivity contribution in [2.75, 3.05) is 50.7 Å². The molecule has 2 rings (SSSR count). The third-order valence-corrected chi connectivity index (χ3v) is 3.52. The van der Waals surface area contributed by atoms with E-state index in [1.54, 1.807) is 20.5 Å². The molecule has 0 aliphatic carbocycles. The summed E-state index contributed by atoms with van der Waals surface area (Å²) in [4.78, 5) is 10.9. The van der Waals surface area contributed by atoms with E-state index in [1.807, 2.05) is 0 Å². The lowest BCUT2D eigenvalue weighted by Gasteiger charge is -2.21.